The van der Waals surface area contributed by atoms with Gasteiger partial charge in [0.1, 0.15) is 17.4 Å². The van der Waals surface area contributed by atoms with Crippen molar-refractivity contribution in [3.63, 3.8) is 0 Å². The zero-order chi connectivity index (χ0) is 29.1. The van der Waals surface area contributed by atoms with Gasteiger partial charge in [-0.15, -0.1) is 0 Å². The summed E-state index contributed by atoms with van der Waals surface area (Å²) in [7, 11) is 0. The van der Waals surface area contributed by atoms with Crippen LogP contribution in [0.5, 0.6) is 0 Å². The van der Waals surface area contributed by atoms with Crippen LogP contribution in [0, 0.1) is 5.41 Å². The SMILES string of the molecule is C=N/C(=C\N=C(C)N1CCC2(CC1)CO[C@@H](C)[C@H]2N)Sc1ccc2ncn(CC(=O)N3CCCCC3)c(=O)c2c1Cl. The summed E-state index contributed by atoms with van der Waals surface area (Å²) in [6.07, 6.45) is 8.23. The van der Waals surface area contributed by atoms with Crippen LogP contribution in [0.3, 0.4) is 0 Å². The number of halogens is 1. The predicted octanol–water partition coefficient (Wildman–Crippen LogP) is 3.90. The molecule has 0 saturated carbocycles. The van der Waals surface area contributed by atoms with Crippen LogP contribution in [-0.4, -0.2) is 82.7 Å². The van der Waals surface area contributed by atoms with Crippen molar-refractivity contribution in [3.8, 4) is 0 Å². The van der Waals surface area contributed by atoms with E-state index in [2.05, 4.69) is 33.5 Å². The number of fused-ring (bicyclic) bond motifs is 1. The van der Waals surface area contributed by atoms with Crippen LogP contribution >= 0.6 is 23.4 Å². The van der Waals surface area contributed by atoms with Gasteiger partial charge in [0.25, 0.3) is 5.56 Å². The minimum Gasteiger partial charge on any atom is -0.376 e. The van der Waals surface area contributed by atoms with E-state index >= 15 is 0 Å². The number of amides is 1. The first kappa shape index (κ1) is 29.8. The molecule has 1 amide bonds. The Kier molecular flexibility index (Phi) is 9.18. The topological polar surface area (TPSA) is 118 Å². The quantitative estimate of drug-likeness (QED) is 0.304. The van der Waals surface area contributed by atoms with Crippen molar-refractivity contribution in [2.45, 2.75) is 69.5 Å². The lowest BCUT2D eigenvalue weighted by Gasteiger charge is -2.41. The molecule has 2 aromatic rings. The van der Waals surface area contributed by atoms with E-state index in [1.54, 1.807) is 18.3 Å². The zero-order valence-electron chi connectivity index (χ0n) is 23.7. The summed E-state index contributed by atoms with van der Waals surface area (Å²) >= 11 is 8.02. The average molecular weight is 600 g/mol. The molecule has 4 heterocycles. The molecule has 3 aliphatic rings. The predicted molar refractivity (Wildman–Crippen MR) is 165 cm³/mol. The van der Waals surface area contributed by atoms with Gasteiger partial charge in [-0.1, -0.05) is 23.4 Å². The van der Waals surface area contributed by atoms with E-state index in [4.69, 9.17) is 22.1 Å². The molecule has 3 saturated heterocycles. The number of carbonyl (C=O) groups is 1. The first-order chi connectivity index (χ1) is 19.7. The third kappa shape index (κ3) is 6.23. The standard InChI is InChI=1S/C29H38ClN7O3S/c1-19-27(31)29(17-40-19)9-13-35(14-10-29)20(2)33-15-23(32-3)41-22-8-7-21-25(26(22)30)28(39)37(18-34-21)16-24(38)36-11-5-4-6-12-36/h7-8,15,18-19,27H,3-6,9-14,16-17,31H2,1-2H3/b23-15+,33-20?/t19-,27+/m0/s1. The third-order valence-corrected chi connectivity index (χ3v) is 10.2. The number of nitrogens with zero attached hydrogens (tertiary/aromatic N) is 6. The molecular weight excluding hydrogens is 562 g/mol. The van der Waals surface area contributed by atoms with Crippen molar-refractivity contribution >= 4 is 52.7 Å². The number of ether oxygens (including phenoxy) is 1. The zero-order valence-corrected chi connectivity index (χ0v) is 25.3. The minimum absolute atomic E-state index is 0.0524. The number of nitrogens with two attached hydrogens (primary N) is 1. The van der Waals surface area contributed by atoms with Crippen molar-refractivity contribution in [2.24, 2.45) is 21.1 Å². The van der Waals surface area contributed by atoms with E-state index in [9.17, 15) is 9.59 Å². The maximum absolute atomic E-state index is 13.4. The lowest BCUT2D eigenvalue weighted by Crippen LogP contribution is -2.51. The van der Waals surface area contributed by atoms with Crippen molar-refractivity contribution in [2.75, 3.05) is 32.8 Å². The van der Waals surface area contributed by atoms with Crippen LogP contribution in [0.4, 0.5) is 0 Å². The largest absolute Gasteiger partial charge is 0.376 e. The third-order valence-electron chi connectivity index (χ3n) is 8.71. The van der Waals surface area contributed by atoms with Crippen LogP contribution in [0.15, 0.2) is 49.4 Å². The van der Waals surface area contributed by atoms with E-state index < -0.39 is 0 Å². The highest BCUT2D eigenvalue weighted by Crippen LogP contribution is 2.41. The van der Waals surface area contributed by atoms with Gasteiger partial charge >= 0.3 is 0 Å². The number of carbonyl (C=O) groups excluding carboxylic acids is 1. The van der Waals surface area contributed by atoms with Crippen molar-refractivity contribution in [3.05, 3.63) is 45.1 Å². The minimum atomic E-state index is -0.344. The van der Waals surface area contributed by atoms with Gasteiger partial charge in [0.15, 0.2) is 0 Å². The Labute approximate surface area is 249 Å². The molecule has 0 bridgehead atoms. The molecule has 41 heavy (non-hydrogen) atoms. The molecule has 3 aliphatic heterocycles. The van der Waals surface area contributed by atoms with Crippen LogP contribution in [0.25, 0.3) is 10.9 Å². The van der Waals surface area contributed by atoms with E-state index in [-0.39, 0.29) is 46.0 Å². The molecule has 2 N–H and O–H groups in total. The number of likely N-dealkylation sites (tertiary alicyclic amines) is 2. The second-order valence-electron chi connectivity index (χ2n) is 11.2. The number of hydrogen-bond acceptors (Lipinski definition) is 8. The number of aromatic nitrogens is 2. The van der Waals surface area contributed by atoms with Crippen LogP contribution in [0.2, 0.25) is 5.02 Å². The van der Waals surface area contributed by atoms with Gasteiger partial charge in [-0.25, -0.2) is 9.98 Å². The molecule has 2 atom stereocenters. The van der Waals surface area contributed by atoms with E-state index in [1.807, 2.05) is 11.8 Å². The summed E-state index contributed by atoms with van der Waals surface area (Å²) < 4.78 is 7.18. The second kappa shape index (κ2) is 12.6. The Morgan fingerprint density at radius 3 is 2.63 bits per heavy atom. The molecule has 0 unspecified atom stereocenters. The Bertz CT molecular complexity index is 1430. The van der Waals surface area contributed by atoms with E-state index in [1.165, 1.54) is 22.7 Å². The van der Waals surface area contributed by atoms with Gasteiger partial charge < -0.3 is 20.3 Å². The molecule has 5 rings (SSSR count). The highest BCUT2D eigenvalue weighted by atomic mass is 35.5. The molecule has 220 valence electrons. The van der Waals surface area contributed by atoms with Crippen LogP contribution < -0.4 is 11.3 Å². The Morgan fingerprint density at radius 2 is 1.98 bits per heavy atom. The molecule has 12 heteroatoms. The number of benzene rings is 1. The second-order valence-corrected chi connectivity index (χ2v) is 12.6. The Morgan fingerprint density at radius 1 is 1.24 bits per heavy atom. The Balaban J connectivity index is 1.29. The van der Waals surface area contributed by atoms with Gasteiger partial charge in [0.2, 0.25) is 5.91 Å². The first-order valence-corrected chi connectivity index (χ1v) is 15.4. The molecule has 0 radical (unpaired) electrons. The van der Waals surface area contributed by atoms with E-state index in [0.29, 0.717) is 15.4 Å². The number of hydrogen-bond donors (Lipinski definition) is 1. The van der Waals surface area contributed by atoms with Crippen molar-refractivity contribution in [1.82, 2.24) is 19.4 Å². The summed E-state index contributed by atoms with van der Waals surface area (Å²) in [4.78, 5) is 44.0. The molecule has 10 nitrogen and oxygen atoms in total. The molecule has 1 aromatic heterocycles. The fourth-order valence-corrected chi connectivity index (χ4v) is 7.04. The number of thioether (sulfide) groups is 1. The fraction of sp³-hybridized carbons (Fsp3) is 0.552. The highest BCUT2D eigenvalue weighted by Gasteiger charge is 2.47. The van der Waals surface area contributed by atoms with Crippen LogP contribution in [-0.2, 0) is 16.1 Å². The summed E-state index contributed by atoms with van der Waals surface area (Å²) in [5.41, 5.74) is 6.64. The summed E-state index contributed by atoms with van der Waals surface area (Å²) in [6.45, 7) is 11.6. The Hall–Kier alpha value is -2.73. The highest BCUT2D eigenvalue weighted by molar-refractivity contribution is 8.03. The molecule has 3 fully saturated rings. The monoisotopic (exact) mass is 599 g/mol. The maximum atomic E-state index is 13.4. The average Bonchev–Trinajstić information content (AvgIpc) is 3.26. The molecule has 1 spiro atoms. The number of piperidine rings is 2. The lowest BCUT2D eigenvalue weighted by molar-refractivity contribution is -0.132. The van der Waals surface area contributed by atoms with Gasteiger partial charge in [-0.05, 0) is 64.8 Å². The molecule has 0 aliphatic carbocycles. The van der Waals surface area contributed by atoms with Crippen molar-refractivity contribution < 1.29 is 9.53 Å². The van der Waals surface area contributed by atoms with Crippen LogP contribution in [0.1, 0.15) is 46.0 Å². The fourth-order valence-electron chi connectivity index (χ4n) is 5.96. The van der Waals surface area contributed by atoms with Crippen molar-refractivity contribution in [1.29, 1.82) is 0 Å². The van der Waals surface area contributed by atoms with E-state index in [0.717, 1.165) is 70.7 Å². The first-order valence-electron chi connectivity index (χ1n) is 14.2. The number of aliphatic imine (C=N–C) groups is 2. The van der Waals surface area contributed by atoms with Gasteiger partial charge in [0.05, 0.1) is 41.2 Å². The van der Waals surface area contributed by atoms with Gasteiger partial charge in [-0.2, -0.15) is 0 Å². The summed E-state index contributed by atoms with van der Waals surface area (Å²) in [6, 6.07) is 3.62. The summed E-state index contributed by atoms with van der Waals surface area (Å²) in [5, 5.41) is 1.09. The maximum Gasteiger partial charge on any atom is 0.263 e. The smallest absolute Gasteiger partial charge is 0.263 e. The number of amidine groups is 1. The molecule has 1 aromatic carbocycles. The lowest BCUT2D eigenvalue weighted by atomic mass is 9.73. The van der Waals surface area contributed by atoms with Gasteiger partial charge in [-0.3, -0.25) is 19.1 Å². The summed E-state index contributed by atoms with van der Waals surface area (Å²) in [5.74, 6) is 0.805. The van der Waals surface area contributed by atoms with Gasteiger partial charge in [0, 0.05) is 42.5 Å². The molecular formula is C29H38ClN7O3S. The normalized spacial score (nSPS) is 23.4. The number of rotatable bonds is 6.